The van der Waals surface area contributed by atoms with Gasteiger partial charge in [0.25, 0.3) is 5.91 Å². The predicted molar refractivity (Wildman–Crippen MR) is 74.7 cm³/mol. The lowest BCUT2D eigenvalue weighted by atomic mass is 10.0. The normalized spacial score (nSPS) is 19.2. The number of rotatable bonds is 3. The van der Waals surface area contributed by atoms with Crippen LogP contribution in [-0.2, 0) is 0 Å². The largest absolute Gasteiger partial charge is 0.459 e. The van der Waals surface area contributed by atoms with Gasteiger partial charge in [0, 0.05) is 12.5 Å². The zero-order chi connectivity index (χ0) is 14.8. The molecule has 1 fully saturated rings. The summed E-state index contributed by atoms with van der Waals surface area (Å²) in [6.45, 7) is 4.71. The fourth-order valence-corrected chi connectivity index (χ4v) is 2.59. The van der Waals surface area contributed by atoms with E-state index < -0.39 is 0 Å². The molecule has 0 spiro atoms. The molecular formula is C15H19N3O3. The van der Waals surface area contributed by atoms with E-state index in [1.165, 1.54) is 6.26 Å². The predicted octanol–water partition coefficient (Wildman–Crippen LogP) is 3.15. The first kappa shape index (κ1) is 13.9. The zero-order valence-electron chi connectivity index (χ0n) is 12.3. The number of carbonyl (C=O) groups excluding carboxylic acids is 1. The molecule has 6 nitrogen and oxygen atoms in total. The van der Waals surface area contributed by atoms with Gasteiger partial charge in [-0.25, -0.2) is 0 Å². The van der Waals surface area contributed by atoms with Crippen LogP contribution in [0.1, 0.15) is 67.3 Å². The van der Waals surface area contributed by atoms with Crippen LogP contribution in [0.2, 0.25) is 0 Å². The Morgan fingerprint density at radius 3 is 2.95 bits per heavy atom. The molecule has 1 aliphatic rings. The Balaban J connectivity index is 1.85. The van der Waals surface area contributed by atoms with Crippen molar-refractivity contribution in [2.75, 3.05) is 6.54 Å². The van der Waals surface area contributed by atoms with Gasteiger partial charge in [-0.05, 0) is 31.4 Å². The number of carbonyl (C=O) groups is 1. The van der Waals surface area contributed by atoms with Crippen LogP contribution in [0, 0.1) is 0 Å². The van der Waals surface area contributed by atoms with Gasteiger partial charge in [-0.3, -0.25) is 4.79 Å². The summed E-state index contributed by atoms with van der Waals surface area (Å²) in [6.07, 6.45) is 4.38. The van der Waals surface area contributed by atoms with Crippen LogP contribution in [0.5, 0.6) is 0 Å². The maximum absolute atomic E-state index is 12.5. The smallest absolute Gasteiger partial charge is 0.290 e. The van der Waals surface area contributed by atoms with Gasteiger partial charge in [-0.2, -0.15) is 4.98 Å². The van der Waals surface area contributed by atoms with Crippen LogP contribution in [0.25, 0.3) is 0 Å². The van der Waals surface area contributed by atoms with Crippen molar-refractivity contribution in [2.24, 2.45) is 0 Å². The number of aromatic nitrogens is 2. The average Bonchev–Trinajstić information content (AvgIpc) is 3.18. The number of hydrogen-bond acceptors (Lipinski definition) is 5. The molecule has 6 heteroatoms. The summed E-state index contributed by atoms with van der Waals surface area (Å²) in [5.41, 5.74) is 0. The second kappa shape index (κ2) is 5.71. The van der Waals surface area contributed by atoms with Gasteiger partial charge < -0.3 is 13.8 Å². The first-order valence-electron chi connectivity index (χ1n) is 7.35. The van der Waals surface area contributed by atoms with Crippen molar-refractivity contribution in [1.29, 1.82) is 0 Å². The molecule has 0 aliphatic carbocycles. The Kier molecular flexibility index (Phi) is 3.77. The SMILES string of the molecule is CC(C)c1noc([C@H]2CCCCN2C(=O)c2ccco2)n1. The molecule has 1 saturated heterocycles. The minimum atomic E-state index is -0.156. The van der Waals surface area contributed by atoms with Crippen LogP contribution >= 0.6 is 0 Å². The van der Waals surface area contributed by atoms with E-state index >= 15 is 0 Å². The summed E-state index contributed by atoms with van der Waals surface area (Å²) < 4.78 is 10.6. The van der Waals surface area contributed by atoms with E-state index in [9.17, 15) is 4.79 Å². The first-order valence-corrected chi connectivity index (χ1v) is 7.35. The molecule has 0 aromatic carbocycles. The van der Waals surface area contributed by atoms with E-state index in [1.54, 1.807) is 17.0 Å². The van der Waals surface area contributed by atoms with Crippen molar-refractivity contribution < 1.29 is 13.7 Å². The third-order valence-electron chi connectivity index (χ3n) is 3.75. The van der Waals surface area contributed by atoms with E-state index in [1.807, 2.05) is 13.8 Å². The molecule has 1 amide bonds. The minimum Gasteiger partial charge on any atom is -0.459 e. The highest BCUT2D eigenvalue weighted by Gasteiger charge is 2.33. The van der Waals surface area contributed by atoms with Gasteiger partial charge in [0.1, 0.15) is 6.04 Å². The molecule has 3 heterocycles. The van der Waals surface area contributed by atoms with Crippen LogP contribution in [0.4, 0.5) is 0 Å². The number of hydrogen-bond donors (Lipinski definition) is 0. The van der Waals surface area contributed by atoms with Crippen LogP contribution in [0.15, 0.2) is 27.3 Å². The number of piperidine rings is 1. The summed E-state index contributed by atoms with van der Waals surface area (Å²) >= 11 is 0. The topological polar surface area (TPSA) is 72.4 Å². The molecule has 2 aromatic heterocycles. The molecule has 0 bridgehead atoms. The third kappa shape index (κ3) is 2.70. The van der Waals surface area contributed by atoms with Gasteiger partial charge >= 0.3 is 0 Å². The van der Waals surface area contributed by atoms with Gasteiger partial charge in [-0.15, -0.1) is 0 Å². The van der Waals surface area contributed by atoms with Gasteiger partial charge in [0.2, 0.25) is 5.89 Å². The van der Waals surface area contributed by atoms with Crippen molar-refractivity contribution in [3.63, 3.8) is 0 Å². The van der Waals surface area contributed by atoms with Crippen molar-refractivity contribution >= 4 is 5.91 Å². The molecule has 0 N–H and O–H groups in total. The van der Waals surface area contributed by atoms with Crippen LogP contribution in [0.3, 0.4) is 0 Å². The summed E-state index contributed by atoms with van der Waals surface area (Å²) in [4.78, 5) is 18.8. The molecule has 1 atom stereocenters. The highest BCUT2D eigenvalue weighted by atomic mass is 16.5. The van der Waals surface area contributed by atoms with Crippen LogP contribution < -0.4 is 0 Å². The number of furan rings is 1. The maximum atomic E-state index is 12.5. The maximum Gasteiger partial charge on any atom is 0.290 e. The van der Waals surface area contributed by atoms with Gasteiger partial charge in [0.15, 0.2) is 11.6 Å². The Morgan fingerprint density at radius 2 is 2.29 bits per heavy atom. The minimum absolute atomic E-state index is 0.117. The monoisotopic (exact) mass is 289 g/mol. The number of nitrogens with zero attached hydrogens (tertiary/aromatic N) is 3. The highest BCUT2D eigenvalue weighted by Crippen LogP contribution is 2.31. The lowest BCUT2D eigenvalue weighted by Crippen LogP contribution is -2.38. The lowest BCUT2D eigenvalue weighted by molar-refractivity contribution is 0.0529. The van der Waals surface area contributed by atoms with E-state index in [2.05, 4.69) is 10.1 Å². The molecule has 3 rings (SSSR count). The molecule has 0 radical (unpaired) electrons. The third-order valence-corrected chi connectivity index (χ3v) is 3.75. The molecule has 0 unspecified atom stereocenters. The first-order chi connectivity index (χ1) is 10.2. The van der Waals surface area contributed by atoms with E-state index in [-0.39, 0.29) is 17.9 Å². The van der Waals surface area contributed by atoms with E-state index in [0.717, 1.165) is 19.3 Å². The summed E-state index contributed by atoms with van der Waals surface area (Å²) in [5, 5.41) is 4.00. The molecule has 1 aliphatic heterocycles. The van der Waals surface area contributed by atoms with Gasteiger partial charge in [-0.1, -0.05) is 19.0 Å². The highest BCUT2D eigenvalue weighted by molar-refractivity contribution is 5.91. The fourth-order valence-electron chi connectivity index (χ4n) is 2.59. The fraction of sp³-hybridized carbons (Fsp3) is 0.533. The van der Waals surface area contributed by atoms with Crippen molar-refractivity contribution in [2.45, 2.75) is 45.1 Å². The Morgan fingerprint density at radius 1 is 1.43 bits per heavy atom. The Bertz CT molecular complexity index is 603. The molecule has 112 valence electrons. The van der Waals surface area contributed by atoms with Crippen molar-refractivity contribution in [3.05, 3.63) is 35.9 Å². The Labute approximate surface area is 123 Å². The van der Waals surface area contributed by atoms with E-state index in [4.69, 9.17) is 8.94 Å². The lowest BCUT2D eigenvalue weighted by Gasteiger charge is -2.32. The average molecular weight is 289 g/mol. The quantitative estimate of drug-likeness (QED) is 0.867. The zero-order valence-corrected chi connectivity index (χ0v) is 12.3. The van der Waals surface area contributed by atoms with Gasteiger partial charge in [0.05, 0.1) is 6.26 Å². The van der Waals surface area contributed by atoms with E-state index in [0.29, 0.717) is 24.0 Å². The van der Waals surface area contributed by atoms with Crippen molar-refractivity contribution in [3.8, 4) is 0 Å². The van der Waals surface area contributed by atoms with Crippen molar-refractivity contribution in [1.82, 2.24) is 15.0 Å². The second-order valence-electron chi connectivity index (χ2n) is 5.63. The number of amides is 1. The standard InChI is InChI=1S/C15H19N3O3/c1-10(2)13-16-14(21-17-13)11-6-3-4-8-18(11)15(19)12-7-5-9-20-12/h5,7,9-11H,3-4,6,8H2,1-2H3/t11-/m1/s1. The molecular weight excluding hydrogens is 270 g/mol. The molecule has 0 saturated carbocycles. The summed E-state index contributed by atoms with van der Waals surface area (Å²) in [5.74, 6) is 1.65. The summed E-state index contributed by atoms with van der Waals surface area (Å²) in [6, 6.07) is 3.24. The molecule has 21 heavy (non-hydrogen) atoms. The Hall–Kier alpha value is -2.11. The number of likely N-dealkylation sites (tertiary alicyclic amines) is 1. The summed E-state index contributed by atoms with van der Waals surface area (Å²) in [7, 11) is 0. The second-order valence-corrected chi connectivity index (χ2v) is 5.63. The van der Waals surface area contributed by atoms with Crippen LogP contribution in [-0.4, -0.2) is 27.5 Å². The molecule has 2 aromatic rings.